The molecule has 2 heterocycles. The summed E-state index contributed by atoms with van der Waals surface area (Å²) in [6, 6.07) is 18.9. The first-order chi connectivity index (χ1) is 14.7. The second-order valence-corrected chi connectivity index (χ2v) is 8.95. The molecule has 5 heteroatoms. The molecule has 1 aliphatic carbocycles. The molecule has 0 aromatic heterocycles. The SMILES string of the molecule is CC1CN(c2ccc(NC(=O)N3CC4CCCCC43c3ccccc3)cc2)CCO1. The molecule has 3 fully saturated rings. The predicted molar refractivity (Wildman–Crippen MR) is 120 cm³/mol. The smallest absolute Gasteiger partial charge is 0.322 e. The summed E-state index contributed by atoms with van der Waals surface area (Å²) in [6.07, 6.45) is 4.98. The minimum Gasteiger partial charge on any atom is -0.375 e. The van der Waals surface area contributed by atoms with Crippen LogP contribution in [-0.2, 0) is 10.3 Å². The van der Waals surface area contributed by atoms with E-state index in [2.05, 4.69) is 64.5 Å². The number of anilines is 2. The molecule has 2 aromatic carbocycles. The summed E-state index contributed by atoms with van der Waals surface area (Å²) in [5, 5.41) is 3.15. The van der Waals surface area contributed by atoms with Gasteiger partial charge in [-0.2, -0.15) is 0 Å². The van der Waals surface area contributed by atoms with Crippen LogP contribution in [0.4, 0.5) is 16.2 Å². The van der Waals surface area contributed by atoms with E-state index in [1.807, 2.05) is 12.1 Å². The topological polar surface area (TPSA) is 44.8 Å². The van der Waals surface area contributed by atoms with Crippen molar-refractivity contribution in [3.63, 3.8) is 0 Å². The molecule has 3 aliphatic rings. The Kier molecular flexibility index (Phi) is 5.15. The maximum absolute atomic E-state index is 13.2. The first kappa shape index (κ1) is 19.4. The molecule has 3 atom stereocenters. The van der Waals surface area contributed by atoms with Crippen LogP contribution in [0.15, 0.2) is 54.6 Å². The van der Waals surface area contributed by atoms with E-state index in [1.165, 1.54) is 30.5 Å². The first-order valence-corrected chi connectivity index (χ1v) is 11.3. The molecule has 158 valence electrons. The minimum atomic E-state index is -0.131. The van der Waals surface area contributed by atoms with E-state index in [-0.39, 0.29) is 17.7 Å². The zero-order chi connectivity index (χ0) is 20.6. The lowest BCUT2D eigenvalue weighted by atomic mass is 9.62. The van der Waals surface area contributed by atoms with Crippen molar-refractivity contribution in [3.8, 4) is 0 Å². The molecule has 1 N–H and O–H groups in total. The summed E-state index contributed by atoms with van der Waals surface area (Å²) < 4.78 is 5.64. The predicted octanol–water partition coefficient (Wildman–Crippen LogP) is 4.84. The van der Waals surface area contributed by atoms with Crippen molar-refractivity contribution < 1.29 is 9.53 Å². The Bertz CT molecular complexity index is 885. The van der Waals surface area contributed by atoms with Gasteiger partial charge in [0.25, 0.3) is 0 Å². The maximum atomic E-state index is 13.2. The van der Waals surface area contributed by atoms with Crippen molar-refractivity contribution in [2.45, 2.75) is 44.2 Å². The molecule has 1 saturated carbocycles. The number of carbonyl (C=O) groups excluding carboxylic acids is 1. The van der Waals surface area contributed by atoms with Crippen molar-refractivity contribution >= 4 is 17.4 Å². The summed E-state index contributed by atoms with van der Waals surface area (Å²) in [5.41, 5.74) is 3.19. The van der Waals surface area contributed by atoms with Crippen molar-refractivity contribution in [2.24, 2.45) is 5.92 Å². The van der Waals surface area contributed by atoms with Crippen LogP contribution in [-0.4, -0.2) is 43.3 Å². The maximum Gasteiger partial charge on any atom is 0.322 e. The van der Waals surface area contributed by atoms with Crippen LogP contribution in [0.3, 0.4) is 0 Å². The Morgan fingerprint density at radius 3 is 2.60 bits per heavy atom. The van der Waals surface area contributed by atoms with Crippen LogP contribution in [0.5, 0.6) is 0 Å². The molecular weight excluding hydrogens is 374 g/mol. The highest BCUT2D eigenvalue weighted by Gasteiger charge is 2.57. The van der Waals surface area contributed by atoms with Gasteiger partial charge in [0.05, 0.1) is 18.2 Å². The van der Waals surface area contributed by atoms with Crippen LogP contribution >= 0.6 is 0 Å². The fourth-order valence-electron chi connectivity index (χ4n) is 5.62. The van der Waals surface area contributed by atoms with E-state index < -0.39 is 0 Å². The molecule has 0 radical (unpaired) electrons. The van der Waals surface area contributed by atoms with Crippen LogP contribution in [0, 0.1) is 5.92 Å². The number of hydrogen-bond acceptors (Lipinski definition) is 3. The zero-order valence-corrected chi connectivity index (χ0v) is 17.7. The number of fused-ring (bicyclic) bond motifs is 1. The first-order valence-electron chi connectivity index (χ1n) is 11.3. The van der Waals surface area contributed by atoms with Crippen LogP contribution in [0.1, 0.15) is 38.2 Å². The molecule has 0 bridgehead atoms. The lowest BCUT2D eigenvalue weighted by Gasteiger charge is -2.61. The fourth-order valence-corrected chi connectivity index (χ4v) is 5.62. The average Bonchev–Trinajstić information content (AvgIpc) is 2.76. The number of hydrogen-bond donors (Lipinski definition) is 1. The van der Waals surface area contributed by atoms with Crippen molar-refractivity contribution in [1.29, 1.82) is 0 Å². The number of amides is 2. The molecule has 5 nitrogen and oxygen atoms in total. The number of morpholine rings is 1. The highest BCUT2D eigenvalue weighted by atomic mass is 16.5. The molecule has 0 spiro atoms. The summed E-state index contributed by atoms with van der Waals surface area (Å²) in [4.78, 5) is 17.7. The molecular formula is C25H31N3O2. The minimum absolute atomic E-state index is 0.0183. The molecule has 5 rings (SSSR count). The van der Waals surface area contributed by atoms with Gasteiger partial charge in [0.1, 0.15) is 0 Å². The van der Waals surface area contributed by atoms with Gasteiger partial charge < -0.3 is 19.9 Å². The lowest BCUT2D eigenvalue weighted by Crippen LogP contribution is -2.68. The van der Waals surface area contributed by atoms with Gasteiger partial charge in [-0.1, -0.05) is 43.2 Å². The van der Waals surface area contributed by atoms with E-state index in [1.54, 1.807) is 0 Å². The van der Waals surface area contributed by atoms with Gasteiger partial charge in [0.15, 0.2) is 0 Å². The summed E-state index contributed by atoms with van der Waals surface area (Å²) in [6.45, 7) is 5.53. The van der Waals surface area contributed by atoms with Crippen LogP contribution in [0.25, 0.3) is 0 Å². The van der Waals surface area contributed by atoms with Gasteiger partial charge in [0.2, 0.25) is 0 Å². The number of benzene rings is 2. The van der Waals surface area contributed by atoms with Gasteiger partial charge >= 0.3 is 6.03 Å². The van der Waals surface area contributed by atoms with Crippen LogP contribution in [0.2, 0.25) is 0 Å². The van der Waals surface area contributed by atoms with E-state index >= 15 is 0 Å². The van der Waals surface area contributed by atoms with E-state index in [0.29, 0.717) is 5.92 Å². The van der Waals surface area contributed by atoms with Crippen molar-refractivity contribution in [1.82, 2.24) is 4.90 Å². The van der Waals surface area contributed by atoms with E-state index in [9.17, 15) is 4.79 Å². The molecule has 30 heavy (non-hydrogen) atoms. The number of urea groups is 1. The van der Waals surface area contributed by atoms with Gasteiger partial charge in [-0.05, 0) is 49.6 Å². The Labute approximate surface area is 179 Å². The largest absolute Gasteiger partial charge is 0.375 e. The number of rotatable bonds is 3. The number of nitrogens with one attached hydrogen (secondary N) is 1. The second kappa shape index (κ2) is 7.95. The van der Waals surface area contributed by atoms with Crippen molar-refractivity contribution in [3.05, 3.63) is 60.2 Å². The number of nitrogens with zero attached hydrogens (tertiary/aromatic N) is 2. The Morgan fingerprint density at radius 1 is 1.07 bits per heavy atom. The molecule has 2 saturated heterocycles. The lowest BCUT2D eigenvalue weighted by molar-refractivity contribution is -0.0756. The Morgan fingerprint density at radius 2 is 1.87 bits per heavy atom. The highest BCUT2D eigenvalue weighted by Crippen LogP contribution is 2.53. The van der Waals surface area contributed by atoms with Gasteiger partial charge in [-0.3, -0.25) is 0 Å². The van der Waals surface area contributed by atoms with Crippen LogP contribution < -0.4 is 10.2 Å². The molecule has 3 unspecified atom stereocenters. The number of likely N-dealkylation sites (tertiary alicyclic amines) is 1. The quantitative estimate of drug-likeness (QED) is 0.794. The Balaban J connectivity index is 1.30. The molecule has 2 aliphatic heterocycles. The fraction of sp³-hybridized carbons (Fsp3) is 0.480. The van der Waals surface area contributed by atoms with Gasteiger partial charge in [-0.15, -0.1) is 0 Å². The van der Waals surface area contributed by atoms with E-state index in [4.69, 9.17) is 4.74 Å². The summed E-state index contributed by atoms with van der Waals surface area (Å²) >= 11 is 0. The second-order valence-electron chi connectivity index (χ2n) is 8.95. The normalized spacial score (nSPS) is 28.4. The summed E-state index contributed by atoms with van der Waals surface area (Å²) in [5.74, 6) is 0.574. The van der Waals surface area contributed by atoms with E-state index in [0.717, 1.165) is 38.3 Å². The average molecular weight is 406 g/mol. The molecule has 2 amide bonds. The zero-order valence-electron chi connectivity index (χ0n) is 17.7. The van der Waals surface area contributed by atoms with Gasteiger partial charge in [-0.25, -0.2) is 4.79 Å². The standard InChI is InChI=1S/C25H31N3O2/c1-19-17-27(15-16-30-19)23-12-10-22(11-13-23)26-24(29)28-18-21-9-5-6-14-25(21,28)20-7-3-2-4-8-20/h2-4,7-8,10-13,19,21H,5-6,9,14-18H2,1H3,(H,26,29). The number of ether oxygens (including phenoxy) is 1. The summed E-state index contributed by atoms with van der Waals surface area (Å²) in [7, 11) is 0. The third-order valence-electron chi connectivity index (χ3n) is 7.16. The third-order valence-corrected chi connectivity index (χ3v) is 7.16. The third kappa shape index (κ3) is 3.35. The molecule has 2 aromatic rings. The monoisotopic (exact) mass is 405 g/mol. The Hall–Kier alpha value is -2.53. The van der Waals surface area contributed by atoms with Crippen molar-refractivity contribution in [2.75, 3.05) is 36.5 Å². The van der Waals surface area contributed by atoms with Gasteiger partial charge in [0, 0.05) is 36.9 Å². The highest BCUT2D eigenvalue weighted by molar-refractivity contribution is 5.91. The number of carbonyl (C=O) groups is 1.